The summed E-state index contributed by atoms with van der Waals surface area (Å²) in [7, 11) is 0. The lowest BCUT2D eigenvalue weighted by atomic mass is 10.2. The standard InChI is InChI=1S/C9H8Cl3NO/c10-9(11,12)7-13-14-6-8-4-2-1-3-5-8/h1-5,7H,6H2/b13-7+. The van der Waals surface area contributed by atoms with E-state index in [2.05, 4.69) is 5.16 Å². The van der Waals surface area contributed by atoms with Crippen molar-refractivity contribution in [3.63, 3.8) is 0 Å². The van der Waals surface area contributed by atoms with Gasteiger partial charge in [0.05, 0.1) is 6.21 Å². The number of halogens is 3. The van der Waals surface area contributed by atoms with Gasteiger partial charge in [-0.25, -0.2) is 0 Å². The van der Waals surface area contributed by atoms with Crippen LogP contribution in [0, 0.1) is 0 Å². The fourth-order valence-electron chi connectivity index (χ4n) is 0.783. The fraction of sp³-hybridized carbons (Fsp3) is 0.222. The summed E-state index contributed by atoms with van der Waals surface area (Å²) >= 11 is 16.2. The van der Waals surface area contributed by atoms with Crippen LogP contribution in [0.2, 0.25) is 0 Å². The normalized spacial score (nSPS) is 11.9. The van der Waals surface area contributed by atoms with Crippen LogP contribution in [0.4, 0.5) is 0 Å². The first kappa shape index (κ1) is 11.6. The molecule has 14 heavy (non-hydrogen) atoms. The lowest BCUT2D eigenvalue weighted by Crippen LogP contribution is -2.03. The van der Waals surface area contributed by atoms with Crippen molar-refractivity contribution in [3.05, 3.63) is 35.9 Å². The maximum absolute atomic E-state index is 5.42. The minimum atomic E-state index is -1.50. The third-order valence-electron chi connectivity index (χ3n) is 1.35. The van der Waals surface area contributed by atoms with E-state index in [9.17, 15) is 0 Å². The van der Waals surface area contributed by atoms with Crippen molar-refractivity contribution in [1.29, 1.82) is 0 Å². The SMILES string of the molecule is ClC(Cl)(Cl)/C=N/OCc1ccccc1. The van der Waals surface area contributed by atoms with E-state index in [0.717, 1.165) is 11.8 Å². The minimum absolute atomic E-state index is 0.359. The second-order valence-electron chi connectivity index (χ2n) is 2.54. The summed E-state index contributed by atoms with van der Waals surface area (Å²) in [5.41, 5.74) is 1.01. The molecule has 0 unspecified atom stereocenters. The summed E-state index contributed by atoms with van der Waals surface area (Å²) in [6.45, 7) is 0.359. The van der Waals surface area contributed by atoms with E-state index >= 15 is 0 Å². The van der Waals surface area contributed by atoms with Crippen LogP contribution in [0.15, 0.2) is 35.5 Å². The molecule has 0 bridgehead atoms. The van der Waals surface area contributed by atoms with Crippen molar-refractivity contribution in [3.8, 4) is 0 Å². The van der Waals surface area contributed by atoms with Gasteiger partial charge < -0.3 is 4.84 Å². The summed E-state index contributed by atoms with van der Waals surface area (Å²) in [5.74, 6) is 0. The van der Waals surface area contributed by atoms with Crippen LogP contribution in [0.5, 0.6) is 0 Å². The number of rotatable bonds is 3. The predicted molar refractivity (Wildman–Crippen MR) is 60.0 cm³/mol. The molecule has 0 saturated carbocycles. The Morgan fingerprint density at radius 2 is 1.86 bits per heavy atom. The molecule has 0 amide bonds. The molecule has 76 valence electrons. The molecule has 1 rings (SSSR count). The van der Waals surface area contributed by atoms with Crippen LogP contribution in [-0.4, -0.2) is 10.0 Å². The van der Waals surface area contributed by atoms with Crippen molar-refractivity contribution >= 4 is 41.0 Å². The molecule has 0 fully saturated rings. The van der Waals surface area contributed by atoms with Gasteiger partial charge in [0.1, 0.15) is 6.61 Å². The van der Waals surface area contributed by atoms with Crippen molar-refractivity contribution in [1.82, 2.24) is 0 Å². The summed E-state index contributed by atoms with van der Waals surface area (Å²) < 4.78 is -1.50. The van der Waals surface area contributed by atoms with Crippen LogP contribution >= 0.6 is 34.8 Å². The lowest BCUT2D eigenvalue weighted by molar-refractivity contribution is 0.131. The van der Waals surface area contributed by atoms with Crippen molar-refractivity contribution < 1.29 is 4.84 Å². The summed E-state index contributed by atoms with van der Waals surface area (Å²) in [6, 6.07) is 9.60. The first-order chi connectivity index (χ1) is 6.58. The minimum Gasteiger partial charge on any atom is -0.391 e. The zero-order valence-electron chi connectivity index (χ0n) is 7.16. The molecule has 1 aromatic carbocycles. The predicted octanol–water partition coefficient (Wildman–Crippen LogP) is 3.56. The molecule has 0 aliphatic rings. The summed E-state index contributed by atoms with van der Waals surface area (Å²) in [6.07, 6.45) is 1.11. The molecule has 0 radical (unpaired) electrons. The van der Waals surface area contributed by atoms with E-state index in [-0.39, 0.29) is 0 Å². The third-order valence-corrected chi connectivity index (χ3v) is 1.64. The van der Waals surface area contributed by atoms with Crippen molar-refractivity contribution in [2.45, 2.75) is 10.4 Å². The van der Waals surface area contributed by atoms with Crippen molar-refractivity contribution in [2.24, 2.45) is 5.16 Å². The van der Waals surface area contributed by atoms with Gasteiger partial charge in [0, 0.05) is 0 Å². The smallest absolute Gasteiger partial charge is 0.229 e. The number of hydrogen-bond acceptors (Lipinski definition) is 2. The van der Waals surface area contributed by atoms with Gasteiger partial charge >= 0.3 is 0 Å². The largest absolute Gasteiger partial charge is 0.391 e. The quantitative estimate of drug-likeness (QED) is 0.458. The molecule has 0 saturated heterocycles. The molecule has 0 atom stereocenters. The molecule has 1 aromatic rings. The van der Waals surface area contributed by atoms with Crippen LogP contribution in [-0.2, 0) is 11.4 Å². The molecule has 2 nitrogen and oxygen atoms in total. The number of oxime groups is 1. The summed E-state index contributed by atoms with van der Waals surface area (Å²) in [4.78, 5) is 4.91. The van der Waals surface area contributed by atoms with Crippen LogP contribution < -0.4 is 0 Å². The average Bonchev–Trinajstić information content (AvgIpc) is 2.13. The topological polar surface area (TPSA) is 21.6 Å². The highest BCUT2D eigenvalue weighted by Crippen LogP contribution is 2.22. The zero-order chi connectivity index (χ0) is 10.4. The van der Waals surface area contributed by atoms with E-state index in [1.807, 2.05) is 30.3 Å². The first-order valence-corrected chi connectivity index (χ1v) is 4.98. The van der Waals surface area contributed by atoms with E-state index < -0.39 is 3.79 Å². The number of nitrogens with zero attached hydrogens (tertiary/aromatic N) is 1. The van der Waals surface area contributed by atoms with Crippen LogP contribution in [0.1, 0.15) is 5.56 Å². The van der Waals surface area contributed by atoms with Gasteiger partial charge in [0.25, 0.3) is 0 Å². The van der Waals surface area contributed by atoms with Gasteiger partial charge in [-0.15, -0.1) is 0 Å². The highest BCUT2D eigenvalue weighted by atomic mass is 35.6. The highest BCUT2D eigenvalue weighted by molar-refractivity contribution is 6.74. The monoisotopic (exact) mass is 251 g/mol. The van der Waals surface area contributed by atoms with E-state index in [4.69, 9.17) is 39.6 Å². The van der Waals surface area contributed by atoms with Gasteiger partial charge in [-0.05, 0) is 5.56 Å². The van der Waals surface area contributed by atoms with Gasteiger partial charge in [-0.3, -0.25) is 0 Å². The van der Waals surface area contributed by atoms with E-state index in [0.29, 0.717) is 6.61 Å². The fourth-order valence-corrected chi connectivity index (χ4v) is 0.903. The highest BCUT2D eigenvalue weighted by Gasteiger charge is 2.15. The van der Waals surface area contributed by atoms with Gasteiger partial charge in [0.2, 0.25) is 3.79 Å². The molecule has 0 spiro atoms. The molecular weight excluding hydrogens is 244 g/mol. The van der Waals surface area contributed by atoms with Crippen LogP contribution in [0.25, 0.3) is 0 Å². The maximum atomic E-state index is 5.42. The number of alkyl halides is 3. The Morgan fingerprint density at radius 1 is 1.21 bits per heavy atom. The Kier molecular flexibility index (Phi) is 4.52. The molecule has 0 aliphatic carbocycles. The second-order valence-corrected chi connectivity index (χ2v) is 4.90. The van der Waals surface area contributed by atoms with E-state index in [1.54, 1.807) is 0 Å². The molecule has 0 heterocycles. The Balaban J connectivity index is 2.33. The molecular formula is C9H8Cl3NO. The number of benzene rings is 1. The number of hydrogen-bond donors (Lipinski definition) is 0. The van der Waals surface area contributed by atoms with Crippen molar-refractivity contribution in [2.75, 3.05) is 0 Å². The molecule has 0 aliphatic heterocycles. The van der Waals surface area contributed by atoms with E-state index in [1.165, 1.54) is 0 Å². The molecule has 0 N–H and O–H groups in total. The zero-order valence-corrected chi connectivity index (χ0v) is 9.43. The third kappa shape index (κ3) is 5.32. The lowest BCUT2D eigenvalue weighted by Gasteiger charge is -2.02. The van der Waals surface area contributed by atoms with Gasteiger partial charge in [0.15, 0.2) is 0 Å². The van der Waals surface area contributed by atoms with Gasteiger partial charge in [-0.2, -0.15) is 0 Å². The summed E-state index contributed by atoms with van der Waals surface area (Å²) in [5, 5.41) is 3.52. The Hall–Kier alpha value is -0.440. The Morgan fingerprint density at radius 3 is 2.43 bits per heavy atom. The maximum Gasteiger partial charge on any atom is 0.229 e. The molecule has 0 aromatic heterocycles. The first-order valence-electron chi connectivity index (χ1n) is 3.85. The second kappa shape index (κ2) is 5.44. The van der Waals surface area contributed by atoms with Gasteiger partial charge in [-0.1, -0.05) is 70.3 Å². The molecule has 5 heteroatoms. The Labute approximate surface area is 97.4 Å². The van der Waals surface area contributed by atoms with Crippen LogP contribution in [0.3, 0.4) is 0 Å². The average molecular weight is 253 g/mol. The Bertz CT molecular complexity index is 295.